The van der Waals surface area contributed by atoms with Gasteiger partial charge in [0.25, 0.3) is 0 Å². The lowest BCUT2D eigenvalue weighted by Crippen LogP contribution is -2.69. The normalized spacial score (nSPS) is 27.2. The quantitative estimate of drug-likeness (QED) is 0.0190. The lowest BCUT2D eigenvalue weighted by atomic mass is 9.84. The average Bonchev–Trinajstić information content (AvgIpc) is 3.34. The molecule has 9 N–H and O–H groups in total. The van der Waals surface area contributed by atoms with Crippen LogP contribution in [0.4, 0.5) is 0 Å². The van der Waals surface area contributed by atoms with Crippen molar-refractivity contribution in [1.29, 1.82) is 0 Å². The first-order valence-corrected chi connectivity index (χ1v) is 28.4. The molecule has 20 heteroatoms. The zero-order valence-electron chi connectivity index (χ0n) is 42.7. The summed E-state index contributed by atoms with van der Waals surface area (Å²) < 4.78 is 46.4. The Morgan fingerprint density at radius 3 is 1.43 bits per heavy atom. The second-order valence-corrected chi connectivity index (χ2v) is 20.7. The molecular formula is C50H94NO18P. The van der Waals surface area contributed by atoms with Crippen LogP contribution >= 0.6 is 7.82 Å². The Morgan fingerprint density at radius 2 is 0.986 bits per heavy atom. The maximum absolute atomic E-state index is 13.6. The van der Waals surface area contributed by atoms with Crippen molar-refractivity contribution in [1.82, 2.24) is 5.32 Å². The summed E-state index contributed by atoms with van der Waals surface area (Å²) in [7, 11) is -5.40. The van der Waals surface area contributed by atoms with Gasteiger partial charge >= 0.3 is 19.8 Å². The van der Waals surface area contributed by atoms with Crippen molar-refractivity contribution in [2.45, 2.75) is 280 Å². The Kier molecular flexibility index (Phi) is 34.7. The van der Waals surface area contributed by atoms with Gasteiger partial charge in [-0.15, -0.1) is 0 Å². The summed E-state index contributed by atoms with van der Waals surface area (Å²) in [5.74, 6) is -1.85. The molecular weight excluding hydrogens is 934 g/mol. The molecule has 1 aliphatic heterocycles. The van der Waals surface area contributed by atoms with Crippen LogP contribution in [0, 0.1) is 0 Å². The molecule has 0 aromatic carbocycles. The number of rotatable bonds is 41. The highest BCUT2D eigenvalue weighted by molar-refractivity contribution is 7.47. The smallest absolute Gasteiger partial charge is 0.462 e. The van der Waals surface area contributed by atoms with Crippen LogP contribution in [0.3, 0.4) is 0 Å². The van der Waals surface area contributed by atoms with E-state index in [1.165, 1.54) is 110 Å². The Morgan fingerprint density at radius 1 is 0.557 bits per heavy atom. The molecule has 13 atom stereocenters. The maximum atomic E-state index is 13.6. The maximum Gasteiger partial charge on any atom is 0.472 e. The van der Waals surface area contributed by atoms with Crippen molar-refractivity contribution < 1.29 is 87.6 Å². The van der Waals surface area contributed by atoms with E-state index in [9.17, 15) is 59.6 Å². The molecule has 0 bridgehead atoms. The van der Waals surface area contributed by atoms with Crippen LogP contribution < -0.4 is 5.32 Å². The highest BCUT2D eigenvalue weighted by Crippen LogP contribution is 2.48. The minimum absolute atomic E-state index is 0.0334. The predicted molar refractivity (Wildman–Crippen MR) is 261 cm³/mol. The van der Waals surface area contributed by atoms with Crippen LogP contribution in [0.1, 0.15) is 207 Å². The van der Waals surface area contributed by atoms with Gasteiger partial charge in [0.15, 0.2) is 12.4 Å². The number of nitrogens with one attached hydrogen (secondary N) is 1. The number of unbranched alkanes of at least 4 members (excludes halogenated alkanes) is 24. The Hall–Kier alpha value is -1.84. The molecule has 1 heterocycles. The molecule has 1 saturated heterocycles. The van der Waals surface area contributed by atoms with Gasteiger partial charge in [-0.05, 0) is 12.8 Å². The fraction of sp³-hybridized carbons (Fsp3) is 0.940. The van der Waals surface area contributed by atoms with Gasteiger partial charge in [0.1, 0.15) is 67.6 Å². The number of ether oxygens (including phenoxy) is 4. The van der Waals surface area contributed by atoms with Crippen LogP contribution in [0.25, 0.3) is 0 Å². The summed E-state index contributed by atoms with van der Waals surface area (Å²) in [6.07, 6.45) is 8.19. The predicted octanol–water partition coefficient (Wildman–Crippen LogP) is 6.08. The third-order valence-electron chi connectivity index (χ3n) is 13.2. The third kappa shape index (κ3) is 25.9. The number of phosphoric acid groups is 1. The number of aliphatic hydroxyl groups is 7. The number of esters is 2. The lowest BCUT2D eigenvalue weighted by molar-refractivity contribution is -0.317. The Labute approximate surface area is 417 Å². The van der Waals surface area contributed by atoms with Gasteiger partial charge in [-0.1, -0.05) is 175 Å². The molecule has 0 aromatic rings. The van der Waals surface area contributed by atoms with Crippen molar-refractivity contribution in [3.05, 3.63) is 0 Å². The molecule has 1 amide bonds. The number of phosphoric ester groups is 1. The van der Waals surface area contributed by atoms with Gasteiger partial charge in [-0.3, -0.25) is 23.4 Å². The van der Waals surface area contributed by atoms with E-state index >= 15 is 0 Å². The highest BCUT2D eigenvalue weighted by Gasteiger charge is 2.55. The lowest BCUT2D eigenvalue weighted by Gasteiger charge is -2.48. The van der Waals surface area contributed by atoms with Gasteiger partial charge in [-0.2, -0.15) is 0 Å². The zero-order valence-corrected chi connectivity index (χ0v) is 43.6. The average molecular weight is 1030 g/mol. The second-order valence-electron chi connectivity index (χ2n) is 19.3. The molecule has 1 saturated carbocycles. The molecule has 0 radical (unpaired) electrons. The molecule has 0 spiro atoms. The third-order valence-corrected chi connectivity index (χ3v) is 14.2. The fourth-order valence-corrected chi connectivity index (χ4v) is 9.78. The van der Waals surface area contributed by atoms with Crippen molar-refractivity contribution in [2.75, 3.05) is 19.8 Å². The van der Waals surface area contributed by atoms with E-state index in [1.807, 2.05) is 0 Å². The van der Waals surface area contributed by atoms with Crippen molar-refractivity contribution in [3.8, 4) is 0 Å². The number of carbonyl (C=O) groups is 3. The molecule has 70 heavy (non-hydrogen) atoms. The fourth-order valence-electron chi connectivity index (χ4n) is 8.81. The standard InChI is InChI=1S/C50H94NO18P/c1-4-7-9-11-13-15-17-19-21-23-25-27-29-31-39(54)64-34-36(66-40(55)32-30-28-26-24-22-20-18-16-14-12-10-8-5-2)35-65-70(62,63)69-49-47(61)45(59)44(58)46(60)48(49)68-50-41(51-38(53)6-3)43(57)42(56)37(33-52)67-50/h36-37,41-50,52,56-61H,4-35H2,1-3H3,(H,51,53)(H,62,63)/t36-,37-,41-,42-,43-,44-,45-,46+,47-,48-,49-,50-/m1/s1. The first-order valence-electron chi connectivity index (χ1n) is 26.9. The first kappa shape index (κ1) is 64.3. The number of aliphatic hydroxyl groups excluding tert-OH is 7. The highest BCUT2D eigenvalue weighted by atomic mass is 31.2. The SMILES string of the molecule is CCCCCCCCCCCCCCCC(=O)OC[C@H](COP(=O)(O)O[C@@H]1[C@H](O)[C@H](O)[C@@H](O)[C@H](O)[C@H]1O[C@H]1O[C@H](CO)[C@@H](O)[C@H](O)[C@H]1NC(=O)CC)OC(=O)CCCCCCCCCCCCCCC. The van der Waals surface area contributed by atoms with Crippen molar-refractivity contribution >= 4 is 25.7 Å². The van der Waals surface area contributed by atoms with Crippen LogP contribution in [0.5, 0.6) is 0 Å². The number of carbonyl (C=O) groups excluding carboxylic acids is 3. The van der Waals surface area contributed by atoms with E-state index < -0.39 is 119 Å². The van der Waals surface area contributed by atoms with Crippen LogP contribution in [0.2, 0.25) is 0 Å². The van der Waals surface area contributed by atoms with E-state index in [-0.39, 0.29) is 19.3 Å². The van der Waals surface area contributed by atoms with Crippen molar-refractivity contribution in [2.24, 2.45) is 0 Å². The second kappa shape index (κ2) is 37.8. The molecule has 1 unspecified atom stereocenters. The van der Waals surface area contributed by atoms with E-state index in [0.717, 1.165) is 51.4 Å². The molecule has 2 rings (SSSR count). The van der Waals surface area contributed by atoms with Gasteiger partial charge in [0.2, 0.25) is 5.91 Å². The summed E-state index contributed by atoms with van der Waals surface area (Å²) in [4.78, 5) is 49.1. The topological polar surface area (TPSA) is 298 Å². The molecule has 2 aliphatic rings. The summed E-state index contributed by atoms with van der Waals surface area (Å²) in [5.41, 5.74) is 0. The molecule has 0 aromatic heterocycles. The monoisotopic (exact) mass is 1030 g/mol. The van der Waals surface area contributed by atoms with E-state index in [1.54, 1.807) is 0 Å². The first-order chi connectivity index (χ1) is 33.6. The van der Waals surface area contributed by atoms with E-state index in [2.05, 4.69) is 19.2 Å². The zero-order chi connectivity index (χ0) is 51.7. The summed E-state index contributed by atoms with van der Waals surface area (Å²) in [6.45, 7) is 3.71. The van der Waals surface area contributed by atoms with Gasteiger partial charge in [0.05, 0.1) is 13.2 Å². The molecule has 2 fully saturated rings. The minimum Gasteiger partial charge on any atom is -0.462 e. The number of amides is 1. The van der Waals surface area contributed by atoms with Gasteiger partial charge < -0.3 is 64.9 Å². The van der Waals surface area contributed by atoms with Crippen LogP contribution in [-0.2, 0) is 46.9 Å². The minimum atomic E-state index is -5.40. The van der Waals surface area contributed by atoms with Crippen LogP contribution in [0.15, 0.2) is 0 Å². The summed E-state index contributed by atoms with van der Waals surface area (Å²) in [6, 6.07) is -1.57. The number of hydrogen-bond acceptors (Lipinski definition) is 17. The Balaban J connectivity index is 2.04. The summed E-state index contributed by atoms with van der Waals surface area (Å²) in [5, 5.41) is 76.7. The largest absolute Gasteiger partial charge is 0.472 e. The molecule has 1 aliphatic carbocycles. The molecule has 412 valence electrons. The van der Waals surface area contributed by atoms with Gasteiger partial charge in [0, 0.05) is 19.3 Å². The van der Waals surface area contributed by atoms with Crippen LogP contribution in [-0.4, -0.2) is 152 Å². The molecule has 19 nitrogen and oxygen atoms in total. The summed E-state index contributed by atoms with van der Waals surface area (Å²) >= 11 is 0. The van der Waals surface area contributed by atoms with Crippen molar-refractivity contribution in [3.63, 3.8) is 0 Å². The van der Waals surface area contributed by atoms with Gasteiger partial charge in [-0.25, -0.2) is 4.57 Å². The van der Waals surface area contributed by atoms with E-state index in [0.29, 0.717) is 12.8 Å². The van der Waals surface area contributed by atoms with E-state index in [4.69, 9.17) is 28.0 Å². The Bertz CT molecular complexity index is 1430. The number of hydrogen-bond donors (Lipinski definition) is 9.